The minimum Gasteiger partial charge on any atom is -0.495 e. The molecule has 27 heavy (non-hydrogen) atoms. The van der Waals surface area contributed by atoms with Crippen molar-refractivity contribution in [3.8, 4) is 11.4 Å². The highest BCUT2D eigenvalue weighted by molar-refractivity contribution is 7.92. The van der Waals surface area contributed by atoms with E-state index in [1.54, 1.807) is 22.9 Å². The molecular formula is C20H21N3O3S. The fourth-order valence-corrected chi connectivity index (χ4v) is 4.43. The number of sulfonamides is 1. The SMILES string of the molecule is COc1ccccc1S(=O)(=O)Nc1c(C)c(C2CC2)nn1-c1ccccc1. The third kappa shape index (κ3) is 3.30. The molecule has 0 aliphatic heterocycles. The monoisotopic (exact) mass is 383 g/mol. The largest absolute Gasteiger partial charge is 0.495 e. The van der Waals surface area contributed by atoms with Crippen molar-refractivity contribution < 1.29 is 13.2 Å². The molecule has 0 saturated heterocycles. The highest BCUT2D eigenvalue weighted by Gasteiger charge is 2.32. The van der Waals surface area contributed by atoms with Crippen molar-refractivity contribution in [1.29, 1.82) is 0 Å². The van der Waals surface area contributed by atoms with Gasteiger partial charge in [0, 0.05) is 11.5 Å². The number of methoxy groups -OCH3 is 1. The highest BCUT2D eigenvalue weighted by Crippen LogP contribution is 2.43. The van der Waals surface area contributed by atoms with E-state index in [-0.39, 0.29) is 4.90 Å². The fraction of sp³-hybridized carbons (Fsp3) is 0.250. The summed E-state index contributed by atoms with van der Waals surface area (Å²) in [6.45, 7) is 1.92. The maximum Gasteiger partial charge on any atom is 0.266 e. The Morgan fingerprint density at radius 1 is 1.07 bits per heavy atom. The van der Waals surface area contributed by atoms with E-state index in [4.69, 9.17) is 9.84 Å². The third-order valence-corrected chi connectivity index (χ3v) is 6.09. The normalized spacial score (nSPS) is 14.1. The minimum absolute atomic E-state index is 0.0979. The van der Waals surface area contributed by atoms with Crippen LogP contribution in [0.15, 0.2) is 59.5 Å². The maximum atomic E-state index is 13.1. The molecular weight excluding hydrogens is 362 g/mol. The lowest BCUT2D eigenvalue weighted by atomic mass is 10.2. The van der Waals surface area contributed by atoms with Crippen molar-refractivity contribution in [3.63, 3.8) is 0 Å². The number of anilines is 1. The Morgan fingerprint density at radius 2 is 1.74 bits per heavy atom. The molecule has 1 aliphatic carbocycles. The van der Waals surface area contributed by atoms with Crippen molar-refractivity contribution in [2.24, 2.45) is 0 Å². The molecule has 1 aliphatic rings. The first kappa shape index (κ1) is 17.6. The van der Waals surface area contributed by atoms with E-state index in [9.17, 15) is 8.42 Å². The van der Waals surface area contributed by atoms with Gasteiger partial charge in [-0.05, 0) is 44.0 Å². The predicted molar refractivity (Wildman–Crippen MR) is 104 cm³/mol. The van der Waals surface area contributed by atoms with Crippen LogP contribution in [0.3, 0.4) is 0 Å². The van der Waals surface area contributed by atoms with Crippen LogP contribution in [0.4, 0.5) is 5.82 Å². The van der Waals surface area contributed by atoms with Crippen LogP contribution in [0, 0.1) is 6.92 Å². The first-order valence-electron chi connectivity index (χ1n) is 8.82. The molecule has 0 bridgehead atoms. The van der Waals surface area contributed by atoms with Gasteiger partial charge in [0.1, 0.15) is 16.5 Å². The first-order chi connectivity index (χ1) is 13.0. The molecule has 1 aromatic heterocycles. The van der Waals surface area contributed by atoms with Gasteiger partial charge in [0.2, 0.25) is 0 Å². The average molecular weight is 383 g/mol. The number of nitrogens with one attached hydrogen (secondary N) is 1. The lowest BCUT2D eigenvalue weighted by molar-refractivity contribution is 0.403. The minimum atomic E-state index is -3.84. The van der Waals surface area contributed by atoms with Gasteiger partial charge in [0.15, 0.2) is 0 Å². The molecule has 1 N–H and O–H groups in total. The number of para-hydroxylation sites is 2. The zero-order valence-electron chi connectivity index (χ0n) is 15.2. The number of hydrogen-bond donors (Lipinski definition) is 1. The summed E-state index contributed by atoms with van der Waals surface area (Å²) >= 11 is 0. The molecule has 2 aromatic carbocycles. The lowest BCUT2D eigenvalue weighted by Crippen LogP contribution is -2.17. The van der Waals surface area contributed by atoms with E-state index in [1.807, 2.05) is 37.3 Å². The highest BCUT2D eigenvalue weighted by atomic mass is 32.2. The van der Waals surface area contributed by atoms with Crippen LogP contribution >= 0.6 is 0 Å². The van der Waals surface area contributed by atoms with E-state index in [1.165, 1.54) is 13.2 Å². The Morgan fingerprint density at radius 3 is 2.41 bits per heavy atom. The molecule has 1 heterocycles. The molecule has 1 fully saturated rings. The summed E-state index contributed by atoms with van der Waals surface area (Å²) in [6, 6.07) is 16.1. The van der Waals surface area contributed by atoms with Crippen LogP contribution < -0.4 is 9.46 Å². The molecule has 3 aromatic rings. The van der Waals surface area contributed by atoms with Gasteiger partial charge in [0.25, 0.3) is 10.0 Å². The zero-order chi connectivity index (χ0) is 19.0. The molecule has 6 nitrogen and oxygen atoms in total. The van der Waals surface area contributed by atoms with Gasteiger partial charge in [-0.15, -0.1) is 0 Å². The van der Waals surface area contributed by atoms with Crippen LogP contribution in [-0.4, -0.2) is 25.3 Å². The molecule has 0 atom stereocenters. The van der Waals surface area contributed by atoms with E-state index in [0.29, 0.717) is 17.5 Å². The van der Waals surface area contributed by atoms with Gasteiger partial charge < -0.3 is 4.74 Å². The van der Waals surface area contributed by atoms with Crippen molar-refractivity contribution >= 4 is 15.8 Å². The van der Waals surface area contributed by atoms with Crippen molar-refractivity contribution in [2.45, 2.75) is 30.6 Å². The Labute approximate surface area is 158 Å². The van der Waals surface area contributed by atoms with E-state index in [0.717, 1.165) is 29.8 Å². The Bertz CT molecular complexity index is 1070. The molecule has 0 amide bonds. The maximum absolute atomic E-state index is 13.1. The van der Waals surface area contributed by atoms with Crippen molar-refractivity contribution in [3.05, 3.63) is 65.9 Å². The average Bonchev–Trinajstić information content (AvgIpc) is 3.48. The van der Waals surface area contributed by atoms with Gasteiger partial charge in [0.05, 0.1) is 18.5 Å². The molecule has 4 rings (SSSR count). The summed E-state index contributed by atoms with van der Waals surface area (Å²) < 4.78 is 35.8. The van der Waals surface area contributed by atoms with Crippen molar-refractivity contribution in [1.82, 2.24) is 9.78 Å². The van der Waals surface area contributed by atoms with E-state index in [2.05, 4.69) is 4.72 Å². The molecule has 1 saturated carbocycles. The van der Waals surface area contributed by atoms with Crippen molar-refractivity contribution in [2.75, 3.05) is 11.8 Å². The molecule has 0 unspecified atom stereocenters. The first-order valence-corrected chi connectivity index (χ1v) is 10.3. The third-order valence-electron chi connectivity index (χ3n) is 4.71. The van der Waals surface area contributed by atoms with Gasteiger partial charge >= 0.3 is 0 Å². The number of hydrogen-bond acceptors (Lipinski definition) is 4. The fourth-order valence-electron chi connectivity index (χ4n) is 3.16. The van der Waals surface area contributed by atoms with Crippen LogP contribution in [-0.2, 0) is 10.0 Å². The number of ether oxygens (including phenoxy) is 1. The second-order valence-corrected chi connectivity index (χ2v) is 8.29. The summed E-state index contributed by atoms with van der Waals surface area (Å²) in [5, 5.41) is 4.72. The molecule has 0 spiro atoms. The quantitative estimate of drug-likeness (QED) is 0.701. The summed E-state index contributed by atoms with van der Waals surface area (Å²) in [4.78, 5) is 0.0979. The predicted octanol–water partition coefficient (Wildman–Crippen LogP) is 3.87. The molecule has 0 radical (unpaired) electrons. The summed E-state index contributed by atoms with van der Waals surface area (Å²) in [5.41, 5.74) is 2.63. The second-order valence-electron chi connectivity index (χ2n) is 6.64. The van der Waals surface area contributed by atoms with Crippen LogP contribution in [0.25, 0.3) is 5.69 Å². The van der Waals surface area contributed by atoms with Gasteiger partial charge in [-0.2, -0.15) is 5.10 Å². The summed E-state index contributed by atoms with van der Waals surface area (Å²) in [7, 11) is -2.38. The number of aromatic nitrogens is 2. The molecule has 140 valence electrons. The molecule has 7 heteroatoms. The van der Waals surface area contributed by atoms with Gasteiger partial charge in [-0.3, -0.25) is 4.72 Å². The summed E-state index contributed by atoms with van der Waals surface area (Å²) in [6.07, 6.45) is 2.18. The number of benzene rings is 2. The zero-order valence-corrected chi connectivity index (χ0v) is 16.0. The Kier molecular flexibility index (Phi) is 4.39. The number of rotatable bonds is 6. The second kappa shape index (κ2) is 6.74. The van der Waals surface area contributed by atoms with Crippen LogP contribution in [0.1, 0.15) is 30.0 Å². The Balaban J connectivity index is 1.81. The van der Waals surface area contributed by atoms with Crippen LogP contribution in [0.5, 0.6) is 5.75 Å². The van der Waals surface area contributed by atoms with Gasteiger partial charge in [-0.1, -0.05) is 30.3 Å². The lowest BCUT2D eigenvalue weighted by Gasteiger charge is -2.13. The smallest absolute Gasteiger partial charge is 0.266 e. The van der Waals surface area contributed by atoms with Crippen LogP contribution in [0.2, 0.25) is 0 Å². The van der Waals surface area contributed by atoms with E-state index >= 15 is 0 Å². The topological polar surface area (TPSA) is 73.2 Å². The standard InChI is InChI=1S/C20H21N3O3S/c1-14-19(15-12-13-15)21-23(16-8-4-3-5-9-16)20(14)22-27(24,25)18-11-7-6-10-17(18)26-2/h3-11,15,22H,12-13H2,1-2H3. The Hall–Kier alpha value is -2.80. The summed E-state index contributed by atoms with van der Waals surface area (Å²) in [5.74, 6) is 1.18. The van der Waals surface area contributed by atoms with E-state index < -0.39 is 10.0 Å². The van der Waals surface area contributed by atoms with Gasteiger partial charge in [-0.25, -0.2) is 13.1 Å². The number of nitrogens with zero attached hydrogens (tertiary/aromatic N) is 2.